The number of carboxylic acids is 1. The number of nitrogens with zero attached hydrogens (tertiary/aromatic N) is 1. The van der Waals surface area contributed by atoms with Crippen molar-refractivity contribution in [3.8, 4) is 0 Å². The monoisotopic (exact) mass is 244 g/mol. The average molecular weight is 244 g/mol. The molecule has 0 aliphatic carbocycles. The van der Waals surface area contributed by atoms with Crippen LogP contribution < -0.4 is 4.72 Å². The van der Waals surface area contributed by atoms with Crippen LogP contribution in [0, 0.1) is 0 Å². The molecule has 7 heteroatoms. The highest BCUT2D eigenvalue weighted by atomic mass is 32.2. The van der Waals surface area contributed by atoms with Gasteiger partial charge in [0.25, 0.3) is 10.0 Å². The second-order valence-electron chi connectivity index (χ2n) is 3.09. The molecule has 2 N–H and O–H groups in total. The van der Waals surface area contributed by atoms with Crippen LogP contribution in [0.5, 0.6) is 0 Å². The Labute approximate surface area is 93.4 Å². The number of hydrogen-bond donors (Lipinski definition) is 2. The number of carbonyl (C=O) groups is 1. The third-order valence-corrected chi connectivity index (χ3v) is 3.18. The summed E-state index contributed by atoms with van der Waals surface area (Å²) in [7, 11) is -3.62. The summed E-state index contributed by atoms with van der Waals surface area (Å²) in [6.07, 6.45) is 1.69. The number of nitrogens with one attached hydrogen (secondary N) is 1. The summed E-state index contributed by atoms with van der Waals surface area (Å²) in [4.78, 5) is 14.1. The Bertz CT molecular complexity index is 467. The second-order valence-corrected chi connectivity index (χ2v) is 4.80. The van der Waals surface area contributed by atoms with E-state index < -0.39 is 16.0 Å². The Morgan fingerprint density at radius 1 is 1.50 bits per heavy atom. The maximum absolute atomic E-state index is 11.6. The maximum Gasteiger partial charge on any atom is 0.337 e. The van der Waals surface area contributed by atoms with Gasteiger partial charge in [-0.2, -0.15) is 0 Å². The normalized spacial score (nSPS) is 11.3. The number of rotatable bonds is 5. The number of hydrogen-bond acceptors (Lipinski definition) is 4. The fraction of sp³-hybridized carbons (Fsp3) is 0.333. The van der Waals surface area contributed by atoms with E-state index in [2.05, 4.69) is 9.71 Å². The lowest BCUT2D eigenvalue weighted by atomic mass is 10.3. The van der Waals surface area contributed by atoms with Crippen LogP contribution in [-0.4, -0.2) is 31.0 Å². The van der Waals surface area contributed by atoms with E-state index in [4.69, 9.17) is 5.11 Å². The molecule has 0 bridgehead atoms. The Hall–Kier alpha value is -1.47. The standard InChI is InChI=1S/C9H12N2O4S/c1-2-5-11-16(14,15)8-4-3-7(6-10-8)9(12)13/h3-4,6,11H,2,5H2,1H3,(H,12,13). The van der Waals surface area contributed by atoms with E-state index in [1.54, 1.807) is 0 Å². The molecule has 0 amide bonds. The second kappa shape index (κ2) is 5.04. The van der Waals surface area contributed by atoms with Crippen molar-refractivity contribution >= 4 is 16.0 Å². The van der Waals surface area contributed by atoms with Crippen LogP contribution in [-0.2, 0) is 10.0 Å². The van der Waals surface area contributed by atoms with Crippen molar-refractivity contribution in [3.63, 3.8) is 0 Å². The lowest BCUT2D eigenvalue weighted by molar-refractivity contribution is 0.0696. The lowest BCUT2D eigenvalue weighted by Crippen LogP contribution is -2.25. The van der Waals surface area contributed by atoms with Crippen molar-refractivity contribution < 1.29 is 18.3 Å². The van der Waals surface area contributed by atoms with Crippen LogP contribution in [0.25, 0.3) is 0 Å². The van der Waals surface area contributed by atoms with Gasteiger partial charge in [0.05, 0.1) is 5.56 Å². The van der Waals surface area contributed by atoms with E-state index in [-0.39, 0.29) is 10.6 Å². The molecule has 0 aliphatic heterocycles. The van der Waals surface area contributed by atoms with Gasteiger partial charge in [0.2, 0.25) is 0 Å². The molecule has 6 nitrogen and oxygen atoms in total. The Kier molecular flexibility index (Phi) is 3.97. The molecule has 0 saturated heterocycles. The predicted octanol–water partition coefficient (Wildman–Crippen LogP) is 0.468. The van der Waals surface area contributed by atoms with Gasteiger partial charge in [-0.1, -0.05) is 6.92 Å². The molecule has 0 fully saturated rings. The minimum Gasteiger partial charge on any atom is -0.478 e. The van der Waals surface area contributed by atoms with Gasteiger partial charge >= 0.3 is 5.97 Å². The zero-order chi connectivity index (χ0) is 12.2. The molecule has 0 saturated carbocycles. The Morgan fingerprint density at radius 2 is 2.19 bits per heavy atom. The highest BCUT2D eigenvalue weighted by Crippen LogP contribution is 2.06. The molecule has 0 aliphatic rings. The van der Waals surface area contributed by atoms with E-state index in [9.17, 15) is 13.2 Å². The van der Waals surface area contributed by atoms with Crippen LogP contribution >= 0.6 is 0 Å². The van der Waals surface area contributed by atoms with Crippen molar-refractivity contribution in [1.29, 1.82) is 0 Å². The minimum atomic E-state index is -3.62. The average Bonchev–Trinajstić information content (AvgIpc) is 2.26. The molecule has 0 unspecified atom stereocenters. The third-order valence-electron chi connectivity index (χ3n) is 1.80. The van der Waals surface area contributed by atoms with E-state index in [0.717, 1.165) is 6.20 Å². The van der Waals surface area contributed by atoms with Gasteiger partial charge in [-0.05, 0) is 18.6 Å². The molecule has 1 rings (SSSR count). The number of aromatic nitrogens is 1. The van der Waals surface area contributed by atoms with Gasteiger partial charge in [-0.25, -0.2) is 22.9 Å². The van der Waals surface area contributed by atoms with Gasteiger partial charge in [-0.3, -0.25) is 0 Å². The minimum absolute atomic E-state index is 0.0468. The first-order valence-corrected chi connectivity index (χ1v) is 6.14. The molecule has 16 heavy (non-hydrogen) atoms. The number of carboxylic acid groups (broad SMARTS) is 1. The van der Waals surface area contributed by atoms with Gasteiger partial charge in [0.15, 0.2) is 5.03 Å². The van der Waals surface area contributed by atoms with Crippen molar-refractivity contribution in [1.82, 2.24) is 9.71 Å². The first-order valence-electron chi connectivity index (χ1n) is 4.66. The van der Waals surface area contributed by atoms with Crippen molar-refractivity contribution in [2.75, 3.05) is 6.54 Å². The summed E-state index contributed by atoms with van der Waals surface area (Å²) in [5.74, 6) is -1.14. The Morgan fingerprint density at radius 3 is 2.62 bits per heavy atom. The van der Waals surface area contributed by atoms with Crippen molar-refractivity contribution in [2.24, 2.45) is 0 Å². The molecule has 0 spiro atoms. The number of sulfonamides is 1. The first kappa shape index (κ1) is 12.6. The highest BCUT2D eigenvalue weighted by molar-refractivity contribution is 7.89. The van der Waals surface area contributed by atoms with Crippen LogP contribution in [0.1, 0.15) is 23.7 Å². The summed E-state index contributed by atoms with van der Waals surface area (Å²) >= 11 is 0. The molecule has 88 valence electrons. The first-order chi connectivity index (χ1) is 7.47. The predicted molar refractivity (Wildman–Crippen MR) is 56.7 cm³/mol. The van der Waals surface area contributed by atoms with Crippen molar-refractivity contribution in [3.05, 3.63) is 23.9 Å². The fourth-order valence-electron chi connectivity index (χ4n) is 0.976. The fourth-order valence-corrected chi connectivity index (χ4v) is 2.04. The van der Waals surface area contributed by atoms with E-state index >= 15 is 0 Å². The molecule has 0 atom stereocenters. The van der Waals surface area contributed by atoms with Gasteiger partial charge < -0.3 is 5.11 Å². The highest BCUT2D eigenvalue weighted by Gasteiger charge is 2.15. The third kappa shape index (κ3) is 3.01. The summed E-state index contributed by atoms with van der Waals surface area (Å²) in [5.41, 5.74) is -0.0468. The summed E-state index contributed by atoms with van der Waals surface area (Å²) < 4.78 is 25.4. The largest absolute Gasteiger partial charge is 0.478 e. The summed E-state index contributed by atoms with van der Waals surface area (Å²) in [5, 5.41) is 8.44. The van der Waals surface area contributed by atoms with Crippen LogP contribution in [0.3, 0.4) is 0 Å². The lowest BCUT2D eigenvalue weighted by Gasteiger charge is -2.04. The molecule has 1 aromatic rings. The zero-order valence-corrected chi connectivity index (χ0v) is 9.49. The smallest absolute Gasteiger partial charge is 0.337 e. The molecule has 1 heterocycles. The van der Waals surface area contributed by atoms with Crippen molar-refractivity contribution in [2.45, 2.75) is 18.4 Å². The van der Waals surface area contributed by atoms with E-state index in [1.807, 2.05) is 6.92 Å². The topological polar surface area (TPSA) is 96.4 Å². The summed E-state index contributed by atoms with van der Waals surface area (Å²) in [6.45, 7) is 2.16. The number of aromatic carboxylic acids is 1. The Balaban J connectivity index is 2.93. The summed E-state index contributed by atoms with van der Waals surface area (Å²) in [6, 6.07) is 2.37. The molecule has 1 aromatic heterocycles. The van der Waals surface area contributed by atoms with Gasteiger partial charge in [-0.15, -0.1) is 0 Å². The number of pyridine rings is 1. The van der Waals surface area contributed by atoms with Crippen LogP contribution in [0.2, 0.25) is 0 Å². The van der Waals surface area contributed by atoms with Crippen LogP contribution in [0.4, 0.5) is 0 Å². The molecule has 0 radical (unpaired) electrons. The van der Waals surface area contributed by atoms with E-state index in [0.29, 0.717) is 13.0 Å². The molecular weight excluding hydrogens is 232 g/mol. The SMILES string of the molecule is CCCNS(=O)(=O)c1ccc(C(=O)O)cn1. The van der Waals surface area contributed by atoms with Gasteiger partial charge in [0.1, 0.15) is 0 Å². The molecule has 0 aromatic carbocycles. The zero-order valence-electron chi connectivity index (χ0n) is 8.67. The van der Waals surface area contributed by atoms with Crippen LogP contribution in [0.15, 0.2) is 23.4 Å². The molecular formula is C9H12N2O4S. The quantitative estimate of drug-likeness (QED) is 0.784. The van der Waals surface area contributed by atoms with Gasteiger partial charge in [0, 0.05) is 12.7 Å². The van der Waals surface area contributed by atoms with E-state index in [1.165, 1.54) is 12.1 Å². The maximum atomic E-state index is 11.6.